The predicted octanol–water partition coefficient (Wildman–Crippen LogP) is 7.51. The van der Waals surface area contributed by atoms with Gasteiger partial charge in [0.05, 0.1) is 28.3 Å². The van der Waals surface area contributed by atoms with E-state index >= 15 is 4.39 Å². The molecule has 2 bridgehead atoms. The van der Waals surface area contributed by atoms with Crippen LogP contribution in [0.3, 0.4) is 0 Å². The van der Waals surface area contributed by atoms with Crippen LogP contribution in [0.2, 0.25) is 0 Å². The van der Waals surface area contributed by atoms with Crippen molar-refractivity contribution in [3.8, 4) is 28.5 Å². The first-order valence-electron chi connectivity index (χ1n) is 13.2. The fourth-order valence-electron chi connectivity index (χ4n) is 6.58. The van der Waals surface area contributed by atoms with Gasteiger partial charge in [0.2, 0.25) is 0 Å². The Hall–Kier alpha value is -4.53. The maximum atomic E-state index is 16.4. The van der Waals surface area contributed by atoms with Crippen LogP contribution < -0.4 is 5.32 Å². The highest BCUT2D eigenvalue weighted by molar-refractivity contribution is 5.98. The minimum Gasteiger partial charge on any atom is -0.481 e. The highest BCUT2D eigenvalue weighted by atomic mass is 19.4. The van der Waals surface area contributed by atoms with E-state index in [4.69, 9.17) is 0 Å². The van der Waals surface area contributed by atoms with Gasteiger partial charge in [-0.25, -0.2) is 18.2 Å². The maximum Gasteiger partial charge on any atom is 0.416 e. The van der Waals surface area contributed by atoms with Crippen molar-refractivity contribution in [3.63, 3.8) is 0 Å². The molecule has 7 rings (SSSR count). The second-order valence-corrected chi connectivity index (χ2v) is 10.8. The van der Waals surface area contributed by atoms with Crippen LogP contribution in [0.4, 0.5) is 32.2 Å². The Labute approximate surface area is 235 Å². The molecule has 3 fully saturated rings. The van der Waals surface area contributed by atoms with Crippen LogP contribution >= 0.6 is 0 Å². The summed E-state index contributed by atoms with van der Waals surface area (Å²) in [5, 5.41) is 23.1. The summed E-state index contributed by atoms with van der Waals surface area (Å²) in [4.78, 5) is 19.3. The van der Waals surface area contributed by atoms with Crippen LogP contribution in [0, 0.1) is 46.5 Å². The fraction of sp³-hybridized carbons (Fsp3) is 0.300. The number of nitrogens with one attached hydrogen (secondary N) is 2. The number of carboxylic acids is 1. The normalized spacial score (nSPS) is 21.8. The van der Waals surface area contributed by atoms with Crippen molar-refractivity contribution in [3.05, 3.63) is 71.2 Å². The van der Waals surface area contributed by atoms with Crippen molar-refractivity contribution < 1.29 is 36.2 Å². The van der Waals surface area contributed by atoms with E-state index in [2.05, 4.69) is 15.3 Å². The van der Waals surface area contributed by atoms with Crippen LogP contribution in [-0.4, -0.2) is 27.1 Å². The molecule has 42 heavy (non-hydrogen) atoms. The van der Waals surface area contributed by atoms with Gasteiger partial charge in [0.25, 0.3) is 0 Å². The van der Waals surface area contributed by atoms with E-state index in [1.807, 2.05) is 6.07 Å². The van der Waals surface area contributed by atoms with Gasteiger partial charge in [-0.15, -0.1) is 0 Å². The molecule has 2 aromatic carbocycles. The summed E-state index contributed by atoms with van der Waals surface area (Å²) in [7, 11) is 0. The number of fused-ring (bicyclic) bond motifs is 4. The van der Waals surface area contributed by atoms with Crippen molar-refractivity contribution in [1.29, 1.82) is 5.26 Å². The highest BCUT2D eigenvalue weighted by Gasteiger charge is 2.48. The Morgan fingerprint density at radius 1 is 1.05 bits per heavy atom. The Balaban J connectivity index is 1.58. The fourth-order valence-corrected chi connectivity index (χ4v) is 6.58. The first kappa shape index (κ1) is 27.6. The summed E-state index contributed by atoms with van der Waals surface area (Å²) in [6.07, 6.45) is -0.491. The number of hydrogen-bond acceptors (Lipinski definition) is 4. The van der Waals surface area contributed by atoms with Crippen molar-refractivity contribution in [2.45, 2.75) is 37.9 Å². The van der Waals surface area contributed by atoms with E-state index < -0.39 is 52.9 Å². The third-order valence-corrected chi connectivity index (χ3v) is 8.52. The van der Waals surface area contributed by atoms with Crippen molar-refractivity contribution >= 4 is 22.7 Å². The monoisotopic (exact) mass is 584 g/mol. The molecule has 3 aliphatic rings. The first-order chi connectivity index (χ1) is 20.0. The van der Waals surface area contributed by atoms with E-state index in [-0.39, 0.29) is 50.7 Å². The second kappa shape index (κ2) is 10.1. The average Bonchev–Trinajstić information content (AvgIpc) is 3.37. The van der Waals surface area contributed by atoms with Crippen LogP contribution in [0.25, 0.3) is 33.3 Å². The summed E-state index contributed by atoms with van der Waals surface area (Å²) in [6, 6.07) is 6.39. The molecule has 0 aliphatic heterocycles. The Bertz CT molecular complexity index is 1750. The molecule has 0 amide bonds. The van der Waals surface area contributed by atoms with Gasteiger partial charge in [0, 0.05) is 34.8 Å². The van der Waals surface area contributed by atoms with Crippen LogP contribution in [0.15, 0.2) is 42.6 Å². The van der Waals surface area contributed by atoms with Crippen LogP contribution in [-0.2, 0) is 11.0 Å². The summed E-state index contributed by atoms with van der Waals surface area (Å²) in [6.45, 7) is 0. The van der Waals surface area contributed by atoms with E-state index in [0.29, 0.717) is 6.07 Å². The third kappa shape index (κ3) is 4.53. The lowest BCUT2D eigenvalue weighted by Crippen LogP contribution is -2.51. The highest BCUT2D eigenvalue weighted by Crippen LogP contribution is 2.47. The molecule has 0 unspecified atom stereocenters. The van der Waals surface area contributed by atoms with Gasteiger partial charge < -0.3 is 15.4 Å². The number of aliphatic carboxylic acids is 1. The smallest absolute Gasteiger partial charge is 0.416 e. The molecule has 0 radical (unpaired) electrons. The molecule has 2 atom stereocenters. The molecule has 2 heterocycles. The predicted molar refractivity (Wildman–Crippen MR) is 141 cm³/mol. The molecule has 216 valence electrons. The lowest BCUT2D eigenvalue weighted by Gasteiger charge is -2.47. The molecule has 6 nitrogen and oxygen atoms in total. The van der Waals surface area contributed by atoms with Gasteiger partial charge >= 0.3 is 12.1 Å². The number of nitriles is 1. The van der Waals surface area contributed by atoms with E-state index in [0.717, 1.165) is 56.0 Å². The Morgan fingerprint density at radius 3 is 2.33 bits per heavy atom. The topological polar surface area (TPSA) is 102 Å². The average molecular weight is 585 g/mol. The number of aromatic amines is 1. The zero-order valence-electron chi connectivity index (χ0n) is 21.7. The number of nitrogens with zero attached hydrogens (tertiary/aromatic N) is 2. The molecule has 0 saturated heterocycles. The molecule has 3 aliphatic carbocycles. The van der Waals surface area contributed by atoms with E-state index in [9.17, 15) is 37.1 Å². The van der Waals surface area contributed by atoms with Crippen molar-refractivity contribution in [1.82, 2.24) is 9.97 Å². The largest absolute Gasteiger partial charge is 0.481 e. The zero-order valence-corrected chi connectivity index (χ0v) is 21.7. The Morgan fingerprint density at radius 2 is 1.71 bits per heavy atom. The minimum atomic E-state index is -4.66. The number of benzene rings is 2. The van der Waals surface area contributed by atoms with Gasteiger partial charge in [-0.2, -0.15) is 18.4 Å². The summed E-state index contributed by atoms with van der Waals surface area (Å²) in [5.41, 5.74) is -2.02. The van der Waals surface area contributed by atoms with Crippen LogP contribution in [0.5, 0.6) is 0 Å². The van der Waals surface area contributed by atoms with Crippen molar-refractivity contribution in [2.75, 3.05) is 5.32 Å². The number of halogens is 6. The number of alkyl halides is 3. The Kier molecular flexibility index (Phi) is 6.63. The van der Waals surface area contributed by atoms with Gasteiger partial charge in [-0.05, 0) is 61.3 Å². The molecule has 3 N–H and O–H groups in total. The van der Waals surface area contributed by atoms with Gasteiger partial charge in [0.15, 0.2) is 11.6 Å². The third-order valence-electron chi connectivity index (χ3n) is 8.52. The minimum absolute atomic E-state index is 0.00700. The summed E-state index contributed by atoms with van der Waals surface area (Å²) in [5.74, 6) is -5.38. The van der Waals surface area contributed by atoms with Gasteiger partial charge in [0.1, 0.15) is 17.7 Å². The standard InChI is InChI=1S/C30H22F6N4O2/c31-17-9-18-20(12-38-27(18)21(32)10-17)26-19(11-37)22(13-5-7-16(8-6-13)30(34,35)36)24(33)28(40-26)39-25-15-3-1-14(2-4-15)23(25)29(41)42/h5-10,12,14-15,23,25,38H,1-4H2,(H,39,40)(H,41,42)/t14?,15?,23-,25-/m0/s1. The number of anilines is 1. The molecule has 4 aromatic rings. The number of rotatable bonds is 5. The molecule has 2 aromatic heterocycles. The number of hydrogen-bond donors (Lipinski definition) is 3. The number of aromatic nitrogens is 2. The molecule has 12 heteroatoms. The molecule has 0 spiro atoms. The number of carboxylic acid groups (broad SMARTS) is 1. The van der Waals surface area contributed by atoms with E-state index in [1.54, 1.807) is 0 Å². The molecule has 3 saturated carbocycles. The number of H-pyrrole nitrogens is 1. The summed E-state index contributed by atoms with van der Waals surface area (Å²) < 4.78 is 84.9. The zero-order chi connectivity index (χ0) is 29.9. The summed E-state index contributed by atoms with van der Waals surface area (Å²) >= 11 is 0. The van der Waals surface area contributed by atoms with Crippen molar-refractivity contribution in [2.24, 2.45) is 17.8 Å². The lowest BCUT2D eigenvalue weighted by molar-refractivity contribution is -0.148. The lowest BCUT2D eigenvalue weighted by atomic mass is 9.61. The number of carbonyl (C=O) groups is 1. The maximum absolute atomic E-state index is 16.4. The van der Waals surface area contributed by atoms with Crippen LogP contribution in [0.1, 0.15) is 36.8 Å². The van der Waals surface area contributed by atoms with Gasteiger partial charge in [-0.1, -0.05) is 12.1 Å². The first-order valence-corrected chi connectivity index (χ1v) is 13.2. The number of pyridine rings is 1. The second-order valence-electron chi connectivity index (χ2n) is 10.8. The quantitative estimate of drug-likeness (QED) is 0.211. The SMILES string of the molecule is N#Cc1c(-c2c[nH]c3c(F)cc(F)cc23)nc(N[C@H]2C3CCC(CC3)[C@@H]2C(=O)O)c(F)c1-c1ccc(C(F)(F)F)cc1. The molecular formula is C30H22F6N4O2. The molecular weight excluding hydrogens is 562 g/mol. The van der Waals surface area contributed by atoms with Gasteiger partial charge in [-0.3, -0.25) is 4.79 Å². The van der Waals surface area contributed by atoms with E-state index in [1.165, 1.54) is 6.20 Å².